The molecule has 0 heterocycles. The van der Waals surface area contributed by atoms with Gasteiger partial charge < -0.3 is 25.1 Å². The van der Waals surface area contributed by atoms with E-state index in [4.69, 9.17) is 9.47 Å². The van der Waals surface area contributed by atoms with Gasteiger partial charge in [0.1, 0.15) is 5.97 Å². The minimum absolute atomic E-state index is 0.446. The minimum Gasteiger partial charge on any atom is -0.544 e. The molecule has 1 aromatic rings. The average molecular weight is 290 g/mol. The standard InChI is InChI=1S/C10H12BrNO4/c1-15-7-4-5(8(12)10(13)14)3-6(11)9(7)16-2/h3-4,8H,12H2,1-2H3,(H,13,14)/t8-/m0/s1. The molecule has 88 valence electrons. The summed E-state index contributed by atoms with van der Waals surface area (Å²) in [6.45, 7) is 0. The first-order valence-electron chi connectivity index (χ1n) is 4.46. The van der Waals surface area contributed by atoms with E-state index in [0.717, 1.165) is 0 Å². The van der Waals surface area contributed by atoms with Crippen molar-refractivity contribution in [2.75, 3.05) is 14.2 Å². The van der Waals surface area contributed by atoms with Gasteiger partial charge in [-0.05, 0) is 28.1 Å². The smallest absolute Gasteiger partial charge is 0.174 e. The molecule has 0 spiro atoms. The van der Waals surface area contributed by atoms with Gasteiger partial charge in [-0.25, -0.2) is 0 Å². The summed E-state index contributed by atoms with van der Waals surface area (Å²) >= 11 is 3.27. The molecule has 6 heteroatoms. The quantitative estimate of drug-likeness (QED) is 0.810. The second-order valence-corrected chi connectivity index (χ2v) is 3.96. The summed E-state index contributed by atoms with van der Waals surface area (Å²) in [4.78, 5) is 10.7. The summed E-state index contributed by atoms with van der Waals surface area (Å²) in [7, 11) is 2.98. The number of hydrogen-bond donors (Lipinski definition) is 1. The Bertz CT molecular complexity index is 408. The number of carbonyl (C=O) groups excluding carboxylic acids is 1. The fraction of sp³-hybridized carbons (Fsp3) is 0.300. The van der Waals surface area contributed by atoms with Crippen LogP contribution in [0.1, 0.15) is 11.6 Å². The Labute approximate surface area is 101 Å². The van der Waals surface area contributed by atoms with E-state index in [2.05, 4.69) is 21.7 Å². The zero-order chi connectivity index (χ0) is 12.3. The summed E-state index contributed by atoms with van der Waals surface area (Å²) in [5.41, 5.74) is 3.99. The molecule has 0 fully saturated rings. The molecule has 1 atom stereocenters. The van der Waals surface area contributed by atoms with Gasteiger partial charge in [0.2, 0.25) is 0 Å². The molecule has 0 aliphatic carbocycles. The fourth-order valence-corrected chi connectivity index (χ4v) is 1.90. The molecule has 0 radical (unpaired) electrons. The van der Waals surface area contributed by atoms with E-state index in [1.54, 1.807) is 12.1 Å². The van der Waals surface area contributed by atoms with Gasteiger partial charge in [-0.15, -0.1) is 0 Å². The van der Waals surface area contributed by atoms with Gasteiger partial charge in [0, 0.05) is 5.56 Å². The van der Waals surface area contributed by atoms with E-state index in [1.165, 1.54) is 14.2 Å². The first kappa shape index (κ1) is 12.8. The van der Waals surface area contributed by atoms with Gasteiger partial charge in [0.05, 0.1) is 18.7 Å². The first-order chi connectivity index (χ1) is 7.51. The van der Waals surface area contributed by atoms with Crippen LogP contribution in [0.15, 0.2) is 16.6 Å². The number of halogens is 1. The third-order valence-corrected chi connectivity index (χ3v) is 2.73. The number of benzene rings is 1. The highest BCUT2D eigenvalue weighted by Crippen LogP contribution is 2.37. The van der Waals surface area contributed by atoms with Crippen molar-refractivity contribution in [3.63, 3.8) is 0 Å². The fourth-order valence-electron chi connectivity index (χ4n) is 1.28. The van der Waals surface area contributed by atoms with Crippen LogP contribution in [-0.2, 0) is 4.79 Å². The van der Waals surface area contributed by atoms with Crippen LogP contribution in [0, 0.1) is 0 Å². The minimum atomic E-state index is -1.24. The maximum Gasteiger partial charge on any atom is 0.174 e. The molecule has 0 saturated carbocycles. The number of carboxylic acid groups (broad SMARTS) is 1. The van der Waals surface area contributed by atoms with Gasteiger partial charge in [-0.1, -0.05) is 0 Å². The average Bonchev–Trinajstić information content (AvgIpc) is 2.26. The molecule has 16 heavy (non-hydrogen) atoms. The maximum atomic E-state index is 10.7. The second-order valence-electron chi connectivity index (χ2n) is 3.11. The highest BCUT2D eigenvalue weighted by atomic mass is 79.9. The molecule has 3 N–H and O–H groups in total. The lowest BCUT2D eigenvalue weighted by Gasteiger charge is -2.14. The number of carboxylic acids is 1. The molecule has 0 unspecified atom stereocenters. The SMILES string of the molecule is COc1cc([C@H]([NH3+])C(=O)[O-])cc(Br)c1OC. The van der Waals surface area contributed by atoms with Gasteiger partial charge in [0.25, 0.3) is 0 Å². The van der Waals surface area contributed by atoms with E-state index < -0.39 is 12.0 Å². The summed E-state index contributed by atoms with van der Waals surface area (Å²) < 4.78 is 10.8. The number of hydrogen-bond acceptors (Lipinski definition) is 4. The van der Waals surface area contributed by atoms with Crippen molar-refractivity contribution in [2.24, 2.45) is 0 Å². The number of carbonyl (C=O) groups is 1. The monoisotopic (exact) mass is 289 g/mol. The largest absolute Gasteiger partial charge is 0.544 e. The van der Waals surface area contributed by atoms with Crippen molar-refractivity contribution in [3.05, 3.63) is 22.2 Å². The van der Waals surface area contributed by atoms with Crippen molar-refractivity contribution >= 4 is 21.9 Å². The second kappa shape index (κ2) is 5.18. The van der Waals surface area contributed by atoms with E-state index in [9.17, 15) is 9.90 Å². The molecule has 0 amide bonds. The molecule has 1 rings (SSSR count). The van der Waals surface area contributed by atoms with E-state index in [1.807, 2.05) is 0 Å². The van der Waals surface area contributed by atoms with Gasteiger partial charge in [0.15, 0.2) is 17.5 Å². The summed E-state index contributed by atoms with van der Waals surface area (Å²) in [6.07, 6.45) is 0. The number of quaternary nitrogens is 1. The predicted octanol–water partition coefficient (Wildman–Crippen LogP) is -0.501. The van der Waals surface area contributed by atoms with Gasteiger partial charge >= 0.3 is 0 Å². The maximum absolute atomic E-state index is 10.7. The van der Waals surface area contributed by atoms with Crippen LogP contribution in [0.25, 0.3) is 0 Å². The lowest BCUT2D eigenvalue weighted by molar-refractivity contribution is -0.443. The van der Waals surface area contributed by atoms with Crippen LogP contribution < -0.4 is 20.3 Å². The summed E-state index contributed by atoms with van der Waals surface area (Å²) in [6, 6.07) is 2.24. The Kier molecular flexibility index (Phi) is 4.14. The lowest BCUT2D eigenvalue weighted by Crippen LogP contribution is -2.61. The Hall–Kier alpha value is -1.27. The molecular formula is C10H12BrNO4. The van der Waals surface area contributed by atoms with Gasteiger partial charge in [-0.2, -0.15) is 0 Å². The van der Waals surface area contributed by atoms with Crippen LogP contribution in [-0.4, -0.2) is 20.2 Å². The van der Waals surface area contributed by atoms with E-state index in [-0.39, 0.29) is 0 Å². The topological polar surface area (TPSA) is 86.2 Å². The molecule has 5 nitrogen and oxygen atoms in total. The Morgan fingerprint density at radius 3 is 2.50 bits per heavy atom. The number of ether oxygens (including phenoxy) is 2. The number of rotatable bonds is 4. The third kappa shape index (κ3) is 2.45. The molecule has 0 saturated heterocycles. The van der Waals surface area contributed by atoms with Crippen molar-refractivity contribution in [1.82, 2.24) is 0 Å². The zero-order valence-electron chi connectivity index (χ0n) is 8.95. The van der Waals surface area contributed by atoms with Crippen LogP contribution in [0.2, 0.25) is 0 Å². The van der Waals surface area contributed by atoms with Gasteiger partial charge in [-0.3, -0.25) is 0 Å². The number of aliphatic carboxylic acids is 1. The van der Waals surface area contributed by atoms with Crippen LogP contribution in [0.5, 0.6) is 11.5 Å². The zero-order valence-corrected chi connectivity index (χ0v) is 10.5. The summed E-state index contributed by atoms with van der Waals surface area (Å²) in [5.74, 6) is -0.280. The molecular weight excluding hydrogens is 278 g/mol. The van der Waals surface area contributed by atoms with Crippen LogP contribution >= 0.6 is 15.9 Å². The Balaban J connectivity index is 3.25. The Morgan fingerprint density at radius 2 is 2.06 bits per heavy atom. The van der Waals surface area contributed by atoms with E-state index in [0.29, 0.717) is 21.5 Å². The first-order valence-corrected chi connectivity index (χ1v) is 5.26. The highest BCUT2D eigenvalue weighted by Gasteiger charge is 2.17. The van der Waals surface area contributed by atoms with E-state index >= 15 is 0 Å². The molecule has 0 aliphatic rings. The summed E-state index contributed by atoms with van der Waals surface area (Å²) in [5, 5.41) is 10.7. The Morgan fingerprint density at radius 1 is 1.44 bits per heavy atom. The van der Waals surface area contributed by atoms with Crippen molar-refractivity contribution < 1.29 is 25.1 Å². The van der Waals surface area contributed by atoms with Crippen molar-refractivity contribution in [3.8, 4) is 11.5 Å². The van der Waals surface area contributed by atoms with Crippen LogP contribution in [0.4, 0.5) is 0 Å². The third-order valence-electron chi connectivity index (χ3n) is 2.14. The number of methoxy groups -OCH3 is 2. The van der Waals surface area contributed by atoms with Crippen molar-refractivity contribution in [2.45, 2.75) is 6.04 Å². The lowest BCUT2D eigenvalue weighted by atomic mass is 10.1. The van der Waals surface area contributed by atoms with Crippen LogP contribution in [0.3, 0.4) is 0 Å². The molecule has 1 aromatic carbocycles. The molecule has 0 aliphatic heterocycles. The normalized spacial score (nSPS) is 12.0. The molecule has 0 aromatic heterocycles. The van der Waals surface area contributed by atoms with Crippen molar-refractivity contribution in [1.29, 1.82) is 0 Å². The molecule has 0 bridgehead atoms. The highest BCUT2D eigenvalue weighted by molar-refractivity contribution is 9.10. The predicted molar refractivity (Wildman–Crippen MR) is 57.9 cm³/mol.